The molecule has 0 saturated heterocycles. The second kappa shape index (κ2) is 7.04. The van der Waals surface area contributed by atoms with Crippen LogP contribution >= 0.6 is 0 Å². The number of unbranched alkanes of at least 4 members (excludes halogenated alkanes) is 2. The molecule has 0 heterocycles. The first kappa shape index (κ1) is 14.6. The van der Waals surface area contributed by atoms with Crippen molar-refractivity contribution < 1.29 is 10.3 Å². The number of benzene rings is 1. The summed E-state index contributed by atoms with van der Waals surface area (Å²) in [6, 6.07) is 5.54. The van der Waals surface area contributed by atoms with Crippen LogP contribution in [0.4, 0.5) is 0 Å². The average Bonchev–Trinajstić information content (AvgIpc) is 2.38. The Morgan fingerprint density at radius 2 is 2.06 bits per heavy atom. The first-order valence-corrected chi connectivity index (χ1v) is 6.62. The Bertz CT molecular complexity index is 413. The zero-order valence-corrected chi connectivity index (χ0v) is 11.5. The van der Waals surface area contributed by atoms with E-state index in [-0.39, 0.29) is 5.75 Å². The second-order valence-electron chi connectivity index (χ2n) is 4.86. The Morgan fingerprint density at radius 3 is 2.67 bits per heavy atom. The molecule has 0 spiro atoms. The van der Waals surface area contributed by atoms with E-state index in [1.54, 1.807) is 13.0 Å². The van der Waals surface area contributed by atoms with E-state index in [0.29, 0.717) is 17.2 Å². The van der Waals surface area contributed by atoms with Gasteiger partial charge in [-0.3, -0.25) is 0 Å². The molecule has 18 heavy (non-hydrogen) atoms. The lowest BCUT2D eigenvalue weighted by molar-refractivity contribution is 0.318. The van der Waals surface area contributed by atoms with E-state index >= 15 is 0 Å². The summed E-state index contributed by atoms with van der Waals surface area (Å²) in [4.78, 5) is 0. The maximum atomic E-state index is 9.74. The van der Waals surface area contributed by atoms with Crippen molar-refractivity contribution in [1.82, 2.24) is 0 Å². The fourth-order valence-electron chi connectivity index (χ4n) is 2.07. The largest absolute Gasteiger partial charge is 0.507 e. The zero-order valence-electron chi connectivity index (χ0n) is 11.5. The first-order chi connectivity index (χ1) is 8.60. The van der Waals surface area contributed by atoms with Crippen LogP contribution in [0.3, 0.4) is 0 Å². The number of hydrogen-bond acceptors (Lipinski definition) is 3. The third kappa shape index (κ3) is 3.76. The molecule has 3 heteroatoms. The fourth-order valence-corrected chi connectivity index (χ4v) is 2.07. The predicted molar refractivity (Wildman–Crippen MR) is 74.7 cm³/mol. The van der Waals surface area contributed by atoms with Gasteiger partial charge < -0.3 is 10.3 Å². The highest BCUT2D eigenvalue weighted by Gasteiger charge is 2.10. The normalized spacial score (nSPS) is 13.6. The molecule has 1 rings (SSSR count). The molecule has 0 fully saturated rings. The number of nitrogens with zero attached hydrogens (tertiary/aromatic N) is 1. The molecule has 1 aromatic carbocycles. The van der Waals surface area contributed by atoms with Crippen LogP contribution in [0, 0.1) is 0 Å². The Hall–Kier alpha value is -1.51. The Labute approximate surface area is 109 Å². The average molecular weight is 249 g/mol. The molecule has 1 aromatic rings. The topological polar surface area (TPSA) is 52.8 Å². The van der Waals surface area contributed by atoms with Gasteiger partial charge in [-0.25, -0.2) is 0 Å². The highest BCUT2D eigenvalue weighted by Crippen LogP contribution is 2.27. The van der Waals surface area contributed by atoms with Gasteiger partial charge in [0.15, 0.2) is 0 Å². The van der Waals surface area contributed by atoms with Crippen LogP contribution in [-0.2, 0) is 0 Å². The van der Waals surface area contributed by atoms with Gasteiger partial charge in [-0.2, -0.15) is 0 Å². The first-order valence-electron chi connectivity index (χ1n) is 6.62. The van der Waals surface area contributed by atoms with Gasteiger partial charge in [-0.05, 0) is 37.0 Å². The van der Waals surface area contributed by atoms with Crippen LogP contribution in [0.5, 0.6) is 5.75 Å². The molecular formula is C15H23NO2. The number of oxime groups is 1. The number of rotatable bonds is 6. The summed E-state index contributed by atoms with van der Waals surface area (Å²) in [5, 5.41) is 21.7. The molecule has 1 atom stereocenters. The number of phenols is 1. The van der Waals surface area contributed by atoms with Crippen molar-refractivity contribution in [3.8, 4) is 5.75 Å². The summed E-state index contributed by atoms with van der Waals surface area (Å²) in [7, 11) is 0. The van der Waals surface area contributed by atoms with E-state index in [1.807, 2.05) is 12.1 Å². The van der Waals surface area contributed by atoms with Crippen LogP contribution in [0.15, 0.2) is 23.4 Å². The van der Waals surface area contributed by atoms with Crippen molar-refractivity contribution in [2.75, 3.05) is 0 Å². The smallest absolute Gasteiger partial charge is 0.124 e. The van der Waals surface area contributed by atoms with Crippen LogP contribution in [0.2, 0.25) is 0 Å². The second-order valence-corrected chi connectivity index (χ2v) is 4.86. The maximum Gasteiger partial charge on any atom is 0.124 e. The van der Waals surface area contributed by atoms with E-state index in [9.17, 15) is 5.11 Å². The van der Waals surface area contributed by atoms with Crippen molar-refractivity contribution in [2.24, 2.45) is 5.16 Å². The molecule has 0 aromatic heterocycles. The molecule has 0 amide bonds. The molecule has 2 N–H and O–H groups in total. The van der Waals surface area contributed by atoms with Gasteiger partial charge in [0.1, 0.15) is 5.75 Å². The predicted octanol–water partition coefficient (Wildman–Crippen LogP) is 4.27. The Morgan fingerprint density at radius 1 is 1.33 bits per heavy atom. The van der Waals surface area contributed by atoms with Crippen molar-refractivity contribution in [3.05, 3.63) is 29.3 Å². The van der Waals surface area contributed by atoms with E-state index in [1.165, 1.54) is 24.8 Å². The SMILES string of the molecule is CCCCCC(C)c1ccc(O)c(C(C)=NO)c1. The summed E-state index contributed by atoms with van der Waals surface area (Å²) in [6.07, 6.45) is 4.85. The lowest BCUT2D eigenvalue weighted by Gasteiger charge is -2.13. The van der Waals surface area contributed by atoms with Crippen molar-refractivity contribution in [1.29, 1.82) is 0 Å². The van der Waals surface area contributed by atoms with E-state index in [0.717, 1.165) is 6.42 Å². The van der Waals surface area contributed by atoms with Crippen molar-refractivity contribution in [2.45, 2.75) is 52.4 Å². The number of hydrogen-bond donors (Lipinski definition) is 2. The summed E-state index contributed by atoms with van der Waals surface area (Å²) in [5.41, 5.74) is 2.23. The Balaban J connectivity index is 2.84. The van der Waals surface area contributed by atoms with Gasteiger partial charge in [0.25, 0.3) is 0 Å². The van der Waals surface area contributed by atoms with Gasteiger partial charge >= 0.3 is 0 Å². The van der Waals surface area contributed by atoms with E-state index in [4.69, 9.17) is 5.21 Å². The van der Waals surface area contributed by atoms with E-state index < -0.39 is 0 Å². The minimum Gasteiger partial charge on any atom is -0.507 e. The summed E-state index contributed by atoms with van der Waals surface area (Å²) < 4.78 is 0. The van der Waals surface area contributed by atoms with Gasteiger partial charge in [0, 0.05) is 5.56 Å². The molecule has 1 unspecified atom stereocenters. The lowest BCUT2D eigenvalue weighted by Crippen LogP contribution is -2.00. The maximum absolute atomic E-state index is 9.74. The van der Waals surface area contributed by atoms with Crippen molar-refractivity contribution in [3.63, 3.8) is 0 Å². The van der Waals surface area contributed by atoms with Crippen LogP contribution in [-0.4, -0.2) is 16.0 Å². The summed E-state index contributed by atoms with van der Waals surface area (Å²) in [6.45, 7) is 6.07. The van der Waals surface area contributed by atoms with Gasteiger partial charge in [0.05, 0.1) is 5.71 Å². The highest BCUT2D eigenvalue weighted by atomic mass is 16.4. The molecule has 0 aliphatic rings. The monoisotopic (exact) mass is 249 g/mol. The minimum absolute atomic E-state index is 0.162. The van der Waals surface area contributed by atoms with Crippen LogP contribution < -0.4 is 0 Å². The molecule has 0 aliphatic carbocycles. The minimum atomic E-state index is 0.162. The Kier molecular flexibility index (Phi) is 5.69. The van der Waals surface area contributed by atoms with Gasteiger partial charge in [0.2, 0.25) is 0 Å². The van der Waals surface area contributed by atoms with Crippen molar-refractivity contribution >= 4 is 5.71 Å². The fraction of sp³-hybridized carbons (Fsp3) is 0.533. The highest BCUT2D eigenvalue weighted by molar-refractivity contribution is 6.00. The third-order valence-corrected chi connectivity index (χ3v) is 3.37. The summed E-state index contributed by atoms with van der Waals surface area (Å²) in [5.74, 6) is 0.622. The third-order valence-electron chi connectivity index (χ3n) is 3.37. The zero-order chi connectivity index (χ0) is 13.5. The lowest BCUT2D eigenvalue weighted by atomic mass is 9.93. The molecule has 0 bridgehead atoms. The molecule has 100 valence electrons. The molecule has 0 aliphatic heterocycles. The molecule has 3 nitrogen and oxygen atoms in total. The summed E-state index contributed by atoms with van der Waals surface area (Å²) >= 11 is 0. The van der Waals surface area contributed by atoms with Crippen LogP contribution in [0.1, 0.15) is 63.5 Å². The number of phenolic OH excluding ortho intramolecular Hbond substituents is 1. The van der Waals surface area contributed by atoms with Crippen LogP contribution in [0.25, 0.3) is 0 Å². The molecule has 0 radical (unpaired) electrons. The number of aromatic hydroxyl groups is 1. The van der Waals surface area contributed by atoms with E-state index in [2.05, 4.69) is 19.0 Å². The molecular weight excluding hydrogens is 226 g/mol. The van der Waals surface area contributed by atoms with Gasteiger partial charge in [-0.1, -0.05) is 44.3 Å². The quantitative estimate of drug-likeness (QED) is 0.342. The van der Waals surface area contributed by atoms with Gasteiger partial charge in [-0.15, -0.1) is 0 Å². The molecule has 0 saturated carbocycles. The standard InChI is InChI=1S/C15H23NO2/c1-4-5-6-7-11(2)13-8-9-15(17)14(10-13)12(3)16-18/h8-11,17-18H,4-7H2,1-3H3.